The van der Waals surface area contributed by atoms with Gasteiger partial charge < -0.3 is 10.4 Å². The lowest BCUT2D eigenvalue weighted by Crippen LogP contribution is -2.31. The van der Waals surface area contributed by atoms with Crippen molar-refractivity contribution in [2.24, 2.45) is 0 Å². The SMILES string of the molecule is CCCNCC(O)CS(=O)c1ccc(Cl)c(Cl)c1. The van der Waals surface area contributed by atoms with E-state index in [-0.39, 0.29) is 5.75 Å². The van der Waals surface area contributed by atoms with E-state index in [1.807, 2.05) is 6.92 Å². The Bertz CT molecular complexity index is 415. The summed E-state index contributed by atoms with van der Waals surface area (Å²) >= 11 is 11.6. The highest BCUT2D eigenvalue weighted by molar-refractivity contribution is 7.85. The Morgan fingerprint density at radius 2 is 2.11 bits per heavy atom. The smallest absolute Gasteiger partial charge is 0.0783 e. The molecule has 0 aliphatic heterocycles. The Labute approximate surface area is 120 Å². The third-order valence-electron chi connectivity index (χ3n) is 2.30. The van der Waals surface area contributed by atoms with Gasteiger partial charge in [-0.3, -0.25) is 4.21 Å². The van der Waals surface area contributed by atoms with Crippen LogP contribution in [0.25, 0.3) is 0 Å². The number of hydrogen-bond donors (Lipinski definition) is 2. The van der Waals surface area contributed by atoms with Crippen molar-refractivity contribution < 1.29 is 9.32 Å². The van der Waals surface area contributed by atoms with Crippen LogP contribution in [-0.2, 0) is 10.8 Å². The molecule has 0 saturated heterocycles. The van der Waals surface area contributed by atoms with Crippen molar-refractivity contribution in [1.82, 2.24) is 5.32 Å². The van der Waals surface area contributed by atoms with Gasteiger partial charge in [0.1, 0.15) is 0 Å². The lowest BCUT2D eigenvalue weighted by Gasteiger charge is -2.11. The topological polar surface area (TPSA) is 49.3 Å². The van der Waals surface area contributed by atoms with Gasteiger partial charge in [0.2, 0.25) is 0 Å². The Balaban J connectivity index is 2.51. The predicted molar refractivity (Wildman–Crippen MR) is 76.9 cm³/mol. The third-order valence-corrected chi connectivity index (χ3v) is 4.51. The van der Waals surface area contributed by atoms with Gasteiger partial charge >= 0.3 is 0 Å². The van der Waals surface area contributed by atoms with E-state index in [4.69, 9.17) is 23.2 Å². The largest absolute Gasteiger partial charge is 0.391 e. The summed E-state index contributed by atoms with van der Waals surface area (Å²) in [6, 6.07) is 4.85. The summed E-state index contributed by atoms with van der Waals surface area (Å²) in [5.41, 5.74) is 0. The van der Waals surface area contributed by atoms with Crippen LogP contribution in [0.4, 0.5) is 0 Å². The van der Waals surface area contributed by atoms with E-state index in [0.29, 0.717) is 21.5 Å². The van der Waals surface area contributed by atoms with Crippen LogP contribution in [0.2, 0.25) is 10.0 Å². The van der Waals surface area contributed by atoms with Gasteiger partial charge in [-0.2, -0.15) is 0 Å². The first-order chi connectivity index (χ1) is 8.54. The van der Waals surface area contributed by atoms with E-state index >= 15 is 0 Å². The minimum Gasteiger partial charge on any atom is -0.391 e. The molecule has 18 heavy (non-hydrogen) atoms. The zero-order chi connectivity index (χ0) is 13.5. The minimum absolute atomic E-state index is 0.189. The quantitative estimate of drug-likeness (QED) is 0.761. The van der Waals surface area contributed by atoms with Gasteiger partial charge in [-0.25, -0.2) is 0 Å². The van der Waals surface area contributed by atoms with Crippen molar-refractivity contribution in [2.75, 3.05) is 18.8 Å². The van der Waals surface area contributed by atoms with Crippen molar-refractivity contribution in [2.45, 2.75) is 24.3 Å². The predicted octanol–water partition coefficient (Wildman–Crippen LogP) is 2.46. The molecule has 0 heterocycles. The van der Waals surface area contributed by atoms with E-state index in [9.17, 15) is 9.32 Å². The zero-order valence-electron chi connectivity index (χ0n) is 10.2. The second-order valence-corrected chi connectivity index (χ2v) is 6.26. The molecule has 0 aromatic heterocycles. The van der Waals surface area contributed by atoms with Gasteiger partial charge in [-0.15, -0.1) is 0 Å². The molecular weight excluding hydrogens is 293 g/mol. The summed E-state index contributed by atoms with van der Waals surface area (Å²) in [5, 5.41) is 13.6. The standard InChI is InChI=1S/C12H17Cl2NO2S/c1-2-5-15-7-9(16)8-18(17)10-3-4-11(13)12(14)6-10/h3-4,6,9,15-16H,2,5,7-8H2,1H3. The molecule has 0 spiro atoms. The van der Waals surface area contributed by atoms with Gasteiger partial charge in [0.25, 0.3) is 0 Å². The van der Waals surface area contributed by atoms with Crippen LogP contribution >= 0.6 is 23.2 Å². The minimum atomic E-state index is -1.27. The third kappa shape index (κ3) is 5.24. The highest BCUT2D eigenvalue weighted by Gasteiger charge is 2.12. The molecule has 0 radical (unpaired) electrons. The number of aliphatic hydroxyl groups is 1. The zero-order valence-corrected chi connectivity index (χ0v) is 12.5. The van der Waals surface area contributed by atoms with E-state index in [1.165, 1.54) is 0 Å². The second-order valence-electron chi connectivity index (χ2n) is 3.95. The summed E-state index contributed by atoms with van der Waals surface area (Å²) < 4.78 is 12.0. The molecule has 1 aromatic carbocycles. The maximum absolute atomic E-state index is 12.0. The van der Waals surface area contributed by atoms with E-state index in [2.05, 4.69) is 5.32 Å². The molecule has 2 atom stereocenters. The molecule has 6 heteroatoms. The lowest BCUT2D eigenvalue weighted by molar-refractivity contribution is 0.195. The van der Waals surface area contributed by atoms with Gasteiger partial charge in [0.15, 0.2) is 0 Å². The molecule has 0 saturated carbocycles. The normalized spacial score (nSPS) is 14.4. The van der Waals surface area contributed by atoms with E-state index in [1.54, 1.807) is 18.2 Å². The molecule has 0 bridgehead atoms. The van der Waals surface area contributed by atoms with Crippen molar-refractivity contribution >= 4 is 34.0 Å². The number of aliphatic hydroxyl groups excluding tert-OH is 1. The van der Waals surface area contributed by atoms with Crippen molar-refractivity contribution in [3.63, 3.8) is 0 Å². The van der Waals surface area contributed by atoms with Crippen LogP contribution in [-0.4, -0.2) is 34.3 Å². The summed E-state index contributed by atoms with van der Waals surface area (Å²) in [4.78, 5) is 0.582. The average molecular weight is 310 g/mol. The summed E-state index contributed by atoms with van der Waals surface area (Å²) in [5.74, 6) is 0.189. The Hall–Kier alpha value is -0.130. The number of benzene rings is 1. The van der Waals surface area contributed by atoms with Gasteiger partial charge in [0, 0.05) is 11.4 Å². The maximum Gasteiger partial charge on any atom is 0.0783 e. The molecule has 0 amide bonds. The molecule has 1 rings (SSSR count). The first-order valence-corrected chi connectivity index (χ1v) is 7.84. The van der Waals surface area contributed by atoms with Crippen LogP contribution in [0.5, 0.6) is 0 Å². The van der Waals surface area contributed by atoms with Crippen LogP contribution in [0, 0.1) is 0 Å². The molecule has 102 valence electrons. The second kappa shape index (κ2) is 8.12. The lowest BCUT2D eigenvalue weighted by atomic mass is 10.4. The van der Waals surface area contributed by atoms with Gasteiger partial charge in [-0.05, 0) is 31.2 Å². The molecule has 2 N–H and O–H groups in total. The van der Waals surface area contributed by atoms with Crippen LogP contribution in [0.1, 0.15) is 13.3 Å². The van der Waals surface area contributed by atoms with Crippen LogP contribution in [0.3, 0.4) is 0 Å². The number of nitrogens with one attached hydrogen (secondary N) is 1. The fraction of sp³-hybridized carbons (Fsp3) is 0.500. The monoisotopic (exact) mass is 309 g/mol. The van der Waals surface area contributed by atoms with Crippen molar-refractivity contribution in [3.05, 3.63) is 28.2 Å². The number of hydrogen-bond acceptors (Lipinski definition) is 3. The van der Waals surface area contributed by atoms with E-state index < -0.39 is 16.9 Å². The fourth-order valence-electron chi connectivity index (χ4n) is 1.39. The Morgan fingerprint density at radius 1 is 1.39 bits per heavy atom. The molecule has 1 aromatic rings. The molecule has 0 fully saturated rings. The first-order valence-electron chi connectivity index (χ1n) is 5.76. The maximum atomic E-state index is 12.0. The van der Waals surface area contributed by atoms with Crippen molar-refractivity contribution in [3.8, 4) is 0 Å². The molecule has 2 unspecified atom stereocenters. The summed E-state index contributed by atoms with van der Waals surface area (Å²) in [6.07, 6.45) is 0.370. The molecule has 0 aliphatic rings. The van der Waals surface area contributed by atoms with E-state index in [0.717, 1.165) is 13.0 Å². The molecule has 0 aliphatic carbocycles. The number of rotatable bonds is 7. The average Bonchev–Trinajstić information content (AvgIpc) is 2.33. The van der Waals surface area contributed by atoms with Crippen LogP contribution in [0.15, 0.2) is 23.1 Å². The summed E-state index contributed by atoms with van der Waals surface area (Å²) in [7, 11) is -1.27. The number of halogens is 2. The molecular formula is C12H17Cl2NO2S. The fourth-order valence-corrected chi connectivity index (χ4v) is 2.89. The van der Waals surface area contributed by atoms with Gasteiger partial charge in [0.05, 0.1) is 32.7 Å². The van der Waals surface area contributed by atoms with Crippen molar-refractivity contribution in [1.29, 1.82) is 0 Å². The highest BCUT2D eigenvalue weighted by Crippen LogP contribution is 2.24. The Kier molecular flexibility index (Phi) is 7.19. The molecule has 3 nitrogen and oxygen atoms in total. The van der Waals surface area contributed by atoms with Crippen LogP contribution < -0.4 is 5.32 Å². The first kappa shape index (κ1) is 15.9. The Morgan fingerprint density at radius 3 is 2.72 bits per heavy atom. The highest BCUT2D eigenvalue weighted by atomic mass is 35.5. The summed E-state index contributed by atoms with van der Waals surface area (Å²) in [6.45, 7) is 3.34. The van der Waals surface area contributed by atoms with Gasteiger partial charge in [-0.1, -0.05) is 30.1 Å².